The van der Waals surface area contributed by atoms with E-state index in [2.05, 4.69) is 6.92 Å². The fraction of sp³-hybridized carbons (Fsp3) is 0.882. The van der Waals surface area contributed by atoms with Gasteiger partial charge in [-0.25, -0.2) is 0 Å². The van der Waals surface area contributed by atoms with Crippen LogP contribution in [-0.2, 0) is 14.3 Å². The van der Waals surface area contributed by atoms with Crippen molar-refractivity contribution in [3.63, 3.8) is 0 Å². The van der Waals surface area contributed by atoms with Gasteiger partial charge in [0.15, 0.2) is 5.41 Å². The van der Waals surface area contributed by atoms with Crippen molar-refractivity contribution in [2.75, 3.05) is 0 Å². The number of hydrogen-bond donors (Lipinski definition) is 1. The van der Waals surface area contributed by atoms with Gasteiger partial charge >= 0.3 is 11.9 Å². The van der Waals surface area contributed by atoms with Crippen molar-refractivity contribution < 1.29 is 19.4 Å². The Morgan fingerprint density at radius 3 is 1.90 bits per heavy atom. The molecule has 0 spiro atoms. The quantitative estimate of drug-likeness (QED) is 0.372. The molecule has 0 saturated heterocycles. The summed E-state index contributed by atoms with van der Waals surface area (Å²) in [6.07, 6.45) is 5.03. The molecule has 4 heteroatoms. The lowest BCUT2D eigenvalue weighted by molar-refractivity contribution is -0.180. The van der Waals surface area contributed by atoms with Crippen LogP contribution in [0.15, 0.2) is 0 Å². The second-order valence-electron chi connectivity index (χ2n) is 6.55. The maximum absolute atomic E-state index is 12.5. The van der Waals surface area contributed by atoms with Gasteiger partial charge in [0, 0.05) is 0 Å². The van der Waals surface area contributed by atoms with E-state index < -0.39 is 17.4 Å². The summed E-state index contributed by atoms with van der Waals surface area (Å²) >= 11 is 0. The van der Waals surface area contributed by atoms with Crippen molar-refractivity contribution in [2.45, 2.75) is 79.8 Å². The van der Waals surface area contributed by atoms with Crippen molar-refractivity contribution >= 4 is 11.9 Å². The first-order chi connectivity index (χ1) is 9.71. The van der Waals surface area contributed by atoms with Crippen molar-refractivity contribution in [1.29, 1.82) is 0 Å². The van der Waals surface area contributed by atoms with Crippen LogP contribution in [0, 0.1) is 17.3 Å². The van der Waals surface area contributed by atoms with Crippen molar-refractivity contribution in [3.05, 3.63) is 0 Å². The van der Waals surface area contributed by atoms with Crippen LogP contribution < -0.4 is 0 Å². The van der Waals surface area contributed by atoms with Gasteiger partial charge in [0.2, 0.25) is 0 Å². The highest BCUT2D eigenvalue weighted by Crippen LogP contribution is 2.38. The Balaban J connectivity index is 4.80. The smallest absolute Gasteiger partial charge is 0.324 e. The van der Waals surface area contributed by atoms with Gasteiger partial charge in [-0.3, -0.25) is 9.59 Å². The van der Waals surface area contributed by atoms with E-state index in [1.807, 2.05) is 6.92 Å². The summed E-state index contributed by atoms with van der Waals surface area (Å²) in [4.78, 5) is 24.2. The average Bonchev–Trinajstić information content (AvgIpc) is 2.33. The maximum Gasteiger partial charge on any atom is 0.324 e. The molecule has 0 aromatic heterocycles. The highest BCUT2D eigenvalue weighted by Gasteiger charge is 2.53. The van der Waals surface area contributed by atoms with Gasteiger partial charge in [-0.05, 0) is 31.6 Å². The standard InChI is InChI=1S/C17H32O4/c1-7-8-9-10-11-14(6)21-16(20)17(12(2)3,13(4)5)15(18)19/h12-14H,7-11H2,1-6H3,(H,18,19). The van der Waals surface area contributed by atoms with Crippen LogP contribution in [0.5, 0.6) is 0 Å². The summed E-state index contributed by atoms with van der Waals surface area (Å²) in [5.41, 5.74) is -1.46. The zero-order chi connectivity index (χ0) is 16.6. The van der Waals surface area contributed by atoms with Crippen LogP contribution in [-0.4, -0.2) is 23.1 Å². The number of rotatable bonds is 10. The fourth-order valence-corrected chi connectivity index (χ4v) is 2.92. The molecule has 1 N–H and O–H groups in total. The number of hydrogen-bond acceptors (Lipinski definition) is 3. The molecule has 1 atom stereocenters. The lowest BCUT2D eigenvalue weighted by atomic mass is 9.69. The van der Waals surface area contributed by atoms with Crippen molar-refractivity contribution in [3.8, 4) is 0 Å². The Labute approximate surface area is 129 Å². The molecule has 0 fully saturated rings. The molecule has 0 rings (SSSR count). The molecular weight excluding hydrogens is 268 g/mol. The topological polar surface area (TPSA) is 63.6 Å². The third-order valence-corrected chi connectivity index (χ3v) is 4.29. The summed E-state index contributed by atoms with van der Waals surface area (Å²) in [6, 6.07) is 0. The van der Waals surface area contributed by atoms with Gasteiger partial charge in [-0.15, -0.1) is 0 Å². The van der Waals surface area contributed by atoms with Gasteiger partial charge in [0.25, 0.3) is 0 Å². The molecule has 0 aliphatic rings. The molecule has 0 saturated carbocycles. The van der Waals surface area contributed by atoms with Gasteiger partial charge in [0.1, 0.15) is 0 Å². The molecule has 21 heavy (non-hydrogen) atoms. The van der Waals surface area contributed by atoms with Crippen LogP contribution in [0.3, 0.4) is 0 Å². The van der Waals surface area contributed by atoms with E-state index in [-0.39, 0.29) is 17.9 Å². The second kappa shape index (κ2) is 9.06. The van der Waals surface area contributed by atoms with Gasteiger partial charge in [-0.1, -0.05) is 53.9 Å². The minimum Gasteiger partial charge on any atom is -0.480 e. The Morgan fingerprint density at radius 2 is 1.52 bits per heavy atom. The number of ether oxygens (including phenoxy) is 1. The molecule has 0 aliphatic carbocycles. The molecule has 4 nitrogen and oxygen atoms in total. The van der Waals surface area contributed by atoms with Crippen LogP contribution >= 0.6 is 0 Å². The number of unbranched alkanes of at least 4 members (excludes halogenated alkanes) is 3. The van der Waals surface area contributed by atoms with Gasteiger partial charge in [0.05, 0.1) is 6.10 Å². The average molecular weight is 300 g/mol. The molecule has 0 aromatic rings. The monoisotopic (exact) mass is 300 g/mol. The van der Waals surface area contributed by atoms with Crippen LogP contribution in [0.25, 0.3) is 0 Å². The summed E-state index contributed by atoms with van der Waals surface area (Å²) in [5.74, 6) is -2.30. The first kappa shape index (κ1) is 19.9. The molecule has 0 radical (unpaired) electrons. The maximum atomic E-state index is 12.5. The van der Waals surface area contributed by atoms with E-state index in [4.69, 9.17) is 4.74 Å². The highest BCUT2D eigenvalue weighted by molar-refractivity contribution is 5.99. The normalized spacial score (nSPS) is 13.5. The van der Waals surface area contributed by atoms with E-state index in [1.54, 1.807) is 27.7 Å². The summed E-state index contributed by atoms with van der Waals surface area (Å²) in [6.45, 7) is 11.1. The van der Waals surface area contributed by atoms with Crippen LogP contribution in [0.1, 0.15) is 73.6 Å². The first-order valence-electron chi connectivity index (χ1n) is 8.15. The predicted octanol–water partition coefficient (Wildman–Crippen LogP) is 4.27. The lowest BCUT2D eigenvalue weighted by Gasteiger charge is -2.35. The SMILES string of the molecule is CCCCCCC(C)OC(=O)C(C(=O)O)(C(C)C)C(C)C. The molecule has 0 aromatic carbocycles. The summed E-state index contributed by atoms with van der Waals surface area (Å²) in [7, 11) is 0. The molecule has 0 amide bonds. The number of aliphatic carboxylic acids is 1. The largest absolute Gasteiger partial charge is 0.480 e. The first-order valence-corrected chi connectivity index (χ1v) is 8.15. The number of esters is 1. The second-order valence-corrected chi connectivity index (χ2v) is 6.55. The minimum absolute atomic E-state index is 0.231. The Morgan fingerprint density at radius 1 is 1.00 bits per heavy atom. The number of carboxylic acids is 1. The van der Waals surface area contributed by atoms with E-state index >= 15 is 0 Å². The summed E-state index contributed by atoms with van der Waals surface area (Å²) in [5, 5.41) is 9.59. The van der Waals surface area contributed by atoms with Crippen molar-refractivity contribution in [2.24, 2.45) is 17.3 Å². The molecular formula is C17H32O4. The third kappa shape index (κ3) is 5.01. The molecule has 0 heterocycles. The van der Waals surface area contributed by atoms with Gasteiger partial charge < -0.3 is 9.84 Å². The predicted molar refractivity (Wildman–Crippen MR) is 84.1 cm³/mol. The lowest BCUT2D eigenvalue weighted by Crippen LogP contribution is -2.49. The van der Waals surface area contributed by atoms with E-state index in [0.29, 0.717) is 0 Å². The molecule has 1 unspecified atom stereocenters. The Kier molecular flexibility index (Phi) is 8.60. The summed E-state index contributed by atoms with van der Waals surface area (Å²) < 4.78 is 5.46. The van der Waals surface area contributed by atoms with Crippen LogP contribution in [0.2, 0.25) is 0 Å². The van der Waals surface area contributed by atoms with E-state index in [9.17, 15) is 14.7 Å². The van der Waals surface area contributed by atoms with Crippen LogP contribution in [0.4, 0.5) is 0 Å². The highest BCUT2D eigenvalue weighted by atomic mass is 16.5. The number of carboxylic acid groups (broad SMARTS) is 1. The zero-order valence-electron chi connectivity index (χ0n) is 14.4. The molecule has 124 valence electrons. The fourth-order valence-electron chi connectivity index (χ4n) is 2.92. The number of carbonyl (C=O) groups excluding carboxylic acids is 1. The third-order valence-electron chi connectivity index (χ3n) is 4.29. The van der Waals surface area contributed by atoms with E-state index in [1.165, 1.54) is 6.42 Å². The minimum atomic E-state index is -1.46. The van der Waals surface area contributed by atoms with Gasteiger partial charge in [-0.2, -0.15) is 0 Å². The van der Waals surface area contributed by atoms with Crippen molar-refractivity contribution in [1.82, 2.24) is 0 Å². The Hall–Kier alpha value is -1.06. The molecule has 0 bridgehead atoms. The molecule has 0 aliphatic heterocycles. The zero-order valence-corrected chi connectivity index (χ0v) is 14.4. The van der Waals surface area contributed by atoms with E-state index in [0.717, 1.165) is 25.7 Å². The number of carbonyl (C=O) groups is 2. The Bertz CT molecular complexity index is 326.